The van der Waals surface area contributed by atoms with Crippen molar-refractivity contribution in [2.45, 2.75) is 32.9 Å². The predicted octanol–water partition coefficient (Wildman–Crippen LogP) is 2.57. The summed E-state index contributed by atoms with van der Waals surface area (Å²) in [6.07, 6.45) is -0.152. The van der Waals surface area contributed by atoms with Crippen molar-refractivity contribution in [1.29, 1.82) is 0 Å². The smallest absolute Gasteiger partial charge is 0.407 e. The zero-order chi connectivity index (χ0) is 14.0. The number of aliphatic hydroxyl groups excluding tert-OH is 1. The molecular formula is C15H21NO3. The van der Waals surface area contributed by atoms with Crippen LogP contribution < -0.4 is 0 Å². The molecule has 1 amide bonds. The minimum atomic E-state index is -0.890. The van der Waals surface area contributed by atoms with E-state index in [1.54, 1.807) is 0 Å². The lowest BCUT2D eigenvalue weighted by atomic mass is 9.58. The average molecular weight is 263 g/mol. The van der Waals surface area contributed by atoms with Gasteiger partial charge in [0.1, 0.15) is 0 Å². The van der Waals surface area contributed by atoms with E-state index in [-0.39, 0.29) is 24.0 Å². The van der Waals surface area contributed by atoms with Crippen LogP contribution in [-0.2, 0) is 6.54 Å². The third-order valence-electron chi connectivity index (χ3n) is 4.46. The van der Waals surface area contributed by atoms with E-state index in [2.05, 4.69) is 0 Å². The van der Waals surface area contributed by atoms with Crippen LogP contribution in [0.25, 0.3) is 0 Å². The predicted molar refractivity (Wildman–Crippen MR) is 72.8 cm³/mol. The van der Waals surface area contributed by atoms with Gasteiger partial charge in [0.15, 0.2) is 0 Å². The van der Waals surface area contributed by atoms with E-state index in [0.717, 1.165) is 12.0 Å². The first-order valence-electron chi connectivity index (χ1n) is 6.61. The molecule has 2 atom stereocenters. The van der Waals surface area contributed by atoms with Gasteiger partial charge in [-0.2, -0.15) is 0 Å². The SMILES string of the molecule is CC1(C)[C@@H](CO)C[C@H]1N(Cc1ccccc1)C(=O)O. The maximum Gasteiger partial charge on any atom is 0.407 e. The maximum atomic E-state index is 11.5. The fourth-order valence-electron chi connectivity index (χ4n) is 2.92. The lowest BCUT2D eigenvalue weighted by Crippen LogP contribution is -2.60. The Labute approximate surface area is 113 Å². The van der Waals surface area contributed by atoms with Crippen LogP contribution in [0.2, 0.25) is 0 Å². The number of carbonyl (C=O) groups is 1. The number of carboxylic acid groups (broad SMARTS) is 1. The normalized spacial score (nSPS) is 24.6. The van der Waals surface area contributed by atoms with Crippen molar-refractivity contribution in [3.05, 3.63) is 35.9 Å². The summed E-state index contributed by atoms with van der Waals surface area (Å²) in [6, 6.07) is 9.59. The van der Waals surface area contributed by atoms with E-state index < -0.39 is 6.09 Å². The molecule has 104 valence electrons. The molecule has 1 saturated carbocycles. The van der Waals surface area contributed by atoms with Crippen molar-refractivity contribution in [3.63, 3.8) is 0 Å². The maximum absolute atomic E-state index is 11.5. The molecule has 0 aliphatic heterocycles. The summed E-state index contributed by atoms with van der Waals surface area (Å²) in [5.41, 5.74) is 0.829. The van der Waals surface area contributed by atoms with Gasteiger partial charge >= 0.3 is 6.09 Å². The summed E-state index contributed by atoms with van der Waals surface area (Å²) in [5, 5.41) is 18.7. The van der Waals surface area contributed by atoms with E-state index in [0.29, 0.717) is 6.54 Å². The van der Waals surface area contributed by atoms with Gasteiger partial charge in [0, 0.05) is 19.2 Å². The first-order chi connectivity index (χ1) is 8.96. The molecule has 1 fully saturated rings. The zero-order valence-corrected chi connectivity index (χ0v) is 11.4. The molecule has 1 aliphatic carbocycles. The zero-order valence-electron chi connectivity index (χ0n) is 11.4. The number of rotatable bonds is 4. The lowest BCUT2D eigenvalue weighted by molar-refractivity contribution is -0.0767. The summed E-state index contributed by atoms with van der Waals surface area (Å²) in [5.74, 6) is 0.190. The lowest BCUT2D eigenvalue weighted by Gasteiger charge is -2.55. The molecule has 19 heavy (non-hydrogen) atoms. The van der Waals surface area contributed by atoms with E-state index in [1.165, 1.54) is 4.90 Å². The molecule has 2 N–H and O–H groups in total. The van der Waals surface area contributed by atoms with Gasteiger partial charge in [0.05, 0.1) is 0 Å². The van der Waals surface area contributed by atoms with Gasteiger partial charge in [-0.05, 0) is 23.3 Å². The second-order valence-electron chi connectivity index (χ2n) is 5.85. The van der Waals surface area contributed by atoms with E-state index >= 15 is 0 Å². The summed E-state index contributed by atoms with van der Waals surface area (Å²) in [6.45, 7) is 4.59. The number of nitrogens with zero attached hydrogens (tertiary/aromatic N) is 1. The minimum absolute atomic E-state index is 0.0256. The van der Waals surface area contributed by atoms with Crippen LogP contribution in [0.4, 0.5) is 4.79 Å². The van der Waals surface area contributed by atoms with Crippen molar-refractivity contribution < 1.29 is 15.0 Å². The highest BCUT2D eigenvalue weighted by Gasteiger charge is 2.51. The van der Waals surface area contributed by atoms with Crippen molar-refractivity contribution in [2.75, 3.05) is 6.61 Å². The molecule has 0 saturated heterocycles. The van der Waals surface area contributed by atoms with Crippen LogP contribution in [0.15, 0.2) is 30.3 Å². The molecule has 0 unspecified atom stereocenters. The fraction of sp³-hybridized carbons (Fsp3) is 0.533. The molecule has 0 radical (unpaired) electrons. The Balaban J connectivity index is 2.12. The van der Waals surface area contributed by atoms with Crippen LogP contribution in [0.5, 0.6) is 0 Å². The fourth-order valence-corrected chi connectivity index (χ4v) is 2.92. The number of amides is 1. The summed E-state index contributed by atoms with van der Waals surface area (Å²) in [7, 11) is 0. The second-order valence-corrected chi connectivity index (χ2v) is 5.85. The molecule has 0 aromatic heterocycles. The molecule has 4 nitrogen and oxygen atoms in total. The van der Waals surface area contributed by atoms with Crippen LogP contribution in [0.1, 0.15) is 25.8 Å². The Morgan fingerprint density at radius 1 is 1.37 bits per heavy atom. The molecule has 1 aromatic rings. The third-order valence-corrected chi connectivity index (χ3v) is 4.46. The van der Waals surface area contributed by atoms with Gasteiger partial charge in [-0.15, -0.1) is 0 Å². The van der Waals surface area contributed by atoms with E-state index in [1.807, 2.05) is 44.2 Å². The molecule has 0 heterocycles. The van der Waals surface area contributed by atoms with Crippen LogP contribution in [0.3, 0.4) is 0 Å². The first kappa shape index (κ1) is 13.9. The first-order valence-corrected chi connectivity index (χ1v) is 6.61. The van der Waals surface area contributed by atoms with Crippen molar-refractivity contribution in [1.82, 2.24) is 4.90 Å². The number of hydrogen-bond acceptors (Lipinski definition) is 2. The third kappa shape index (κ3) is 2.59. The highest BCUT2D eigenvalue weighted by molar-refractivity contribution is 5.66. The topological polar surface area (TPSA) is 60.8 Å². The van der Waals surface area contributed by atoms with Crippen molar-refractivity contribution >= 4 is 6.09 Å². The van der Waals surface area contributed by atoms with Gasteiger partial charge in [0.2, 0.25) is 0 Å². The molecular weight excluding hydrogens is 242 g/mol. The summed E-state index contributed by atoms with van der Waals surface area (Å²) in [4.78, 5) is 13.0. The number of aliphatic hydroxyl groups is 1. The molecule has 0 spiro atoms. The Bertz CT molecular complexity index is 444. The Kier molecular flexibility index (Phi) is 3.80. The van der Waals surface area contributed by atoms with E-state index in [4.69, 9.17) is 0 Å². The van der Waals surface area contributed by atoms with Gasteiger partial charge < -0.3 is 15.1 Å². The van der Waals surface area contributed by atoms with Crippen LogP contribution >= 0.6 is 0 Å². The molecule has 1 aliphatic rings. The quantitative estimate of drug-likeness (QED) is 0.877. The van der Waals surface area contributed by atoms with Gasteiger partial charge in [-0.3, -0.25) is 0 Å². The number of benzene rings is 1. The monoisotopic (exact) mass is 263 g/mol. The number of hydrogen-bond donors (Lipinski definition) is 2. The largest absolute Gasteiger partial charge is 0.465 e. The van der Waals surface area contributed by atoms with Crippen molar-refractivity contribution in [2.24, 2.45) is 11.3 Å². The standard InChI is InChI=1S/C15H21NO3/c1-15(2)12(10-17)8-13(15)16(14(18)19)9-11-6-4-3-5-7-11/h3-7,12-13,17H,8-10H2,1-2H3,(H,18,19)/t12-,13-/m1/s1. The molecule has 0 bridgehead atoms. The van der Waals surface area contributed by atoms with Gasteiger partial charge in [-0.25, -0.2) is 4.79 Å². The second kappa shape index (κ2) is 5.21. The van der Waals surface area contributed by atoms with Crippen molar-refractivity contribution in [3.8, 4) is 0 Å². The summed E-state index contributed by atoms with van der Waals surface area (Å²) < 4.78 is 0. The Morgan fingerprint density at radius 2 is 2.00 bits per heavy atom. The minimum Gasteiger partial charge on any atom is -0.465 e. The van der Waals surface area contributed by atoms with E-state index in [9.17, 15) is 15.0 Å². The van der Waals surface area contributed by atoms with Crippen LogP contribution in [-0.4, -0.2) is 33.9 Å². The molecule has 1 aromatic carbocycles. The van der Waals surface area contributed by atoms with Crippen LogP contribution in [0, 0.1) is 11.3 Å². The Hall–Kier alpha value is -1.55. The summed E-state index contributed by atoms with van der Waals surface area (Å²) >= 11 is 0. The highest BCUT2D eigenvalue weighted by atomic mass is 16.4. The Morgan fingerprint density at radius 3 is 2.47 bits per heavy atom. The highest BCUT2D eigenvalue weighted by Crippen LogP contribution is 2.49. The van der Waals surface area contributed by atoms with Gasteiger partial charge in [0.25, 0.3) is 0 Å². The molecule has 4 heteroatoms. The van der Waals surface area contributed by atoms with Gasteiger partial charge in [-0.1, -0.05) is 44.2 Å². The molecule has 2 rings (SSSR count). The average Bonchev–Trinajstić information content (AvgIpc) is 2.38.